The van der Waals surface area contributed by atoms with E-state index in [0.717, 1.165) is 5.56 Å². The number of hydrogen-bond acceptors (Lipinski definition) is 3. The molecular formula is C17H26F3NO3S. The number of sulfonamides is 1. The van der Waals surface area contributed by atoms with Gasteiger partial charge >= 0.3 is 15.5 Å². The highest BCUT2D eigenvalue weighted by Gasteiger charge is 2.46. The van der Waals surface area contributed by atoms with Gasteiger partial charge in [0, 0.05) is 6.54 Å². The molecule has 144 valence electrons. The van der Waals surface area contributed by atoms with Crippen molar-refractivity contribution in [2.75, 3.05) is 6.54 Å². The number of benzene rings is 1. The zero-order valence-electron chi connectivity index (χ0n) is 15.1. The van der Waals surface area contributed by atoms with Crippen LogP contribution in [0.3, 0.4) is 0 Å². The average molecular weight is 381 g/mol. The van der Waals surface area contributed by atoms with E-state index in [1.807, 2.05) is 52.8 Å². The molecule has 0 bridgehead atoms. The van der Waals surface area contributed by atoms with Crippen LogP contribution < -0.4 is 4.72 Å². The van der Waals surface area contributed by atoms with Crippen LogP contribution in [-0.4, -0.2) is 32.2 Å². The van der Waals surface area contributed by atoms with Gasteiger partial charge in [-0.25, -0.2) is 13.1 Å². The third-order valence-corrected chi connectivity index (χ3v) is 5.54. The average Bonchev–Trinajstić information content (AvgIpc) is 2.43. The summed E-state index contributed by atoms with van der Waals surface area (Å²) in [4.78, 5) is 0. The summed E-state index contributed by atoms with van der Waals surface area (Å²) in [6.07, 6.45) is -0.450. The van der Waals surface area contributed by atoms with Crippen LogP contribution in [0.1, 0.15) is 40.2 Å². The monoisotopic (exact) mass is 381 g/mol. The van der Waals surface area contributed by atoms with Crippen molar-refractivity contribution in [1.82, 2.24) is 4.72 Å². The first-order chi connectivity index (χ1) is 11.2. The molecule has 0 heterocycles. The van der Waals surface area contributed by atoms with Crippen LogP contribution in [0.15, 0.2) is 30.3 Å². The molecule has 0 saturated carbocycles. The Morgan fingerprint density at radius 3 is 2.00 bits per heavy atom. The second-order valence-electron chi connectivity index (χ2n) is 7.49. The molecule has 1 unspecified atom stereocenters. The number of rotatable bonds is 7. The van der Waals surface area contributed by atoms with Crippen molar-refractivity contribution < 1.29 is 26.3 Å². The molecule has 8 heteroatoms. The molecule has 0 aromatic heterocycles. The lowest BCUT2D eigenvalue weighted by atomic mass is 9.79. The Bertz CT molecular complexity index is 650. The van der Waals surface area contributed by atoms with Crippen molar-refractivity contribution in [3.8, 4) is 0 Å². The van der Waals surface area contributed by atoms with Gasteiger partial charge in [0.1, 0.15) is 0 Å². The zero-order chi connectivity index (χ0) is 19.5. The van der Waals surface area contributed by atoms with Crippen molar-refractivity contribution in [2.45, 2.75) is 58.3 Å². The van der Waals surface area contributed by atoms with Crippen molar-refractivity contribution >= 4 is 10.0 Å². The van der Waals surface area contributed by atoms with Crippen LogP contribution in [0.4, 0.5) is 13.2 Å². The van der Waals surface area contributed by atoms with Gasteiger partial charge in [0.25, 0.3) is 0 Å². The Morgan fingerprint density at radius 1 is 1.04 bits per heavy atom. The van der Waals surface area contributed by atoms with Gasteiger partial charge in [-0.15, -0.1) is 0 Å². The normalized spacial score (nSPS) is 15.2. The fourth-order valence-electron chi connectivity index (χ4n) is 1.91. The Balaban J connectivity index is 2.96. The van der Waals surface area contributed by atoms with Gasteiger partial charge in [0.15, 0.2) is 0 Å². The predicted molar refractivity (Wildman–Crippen MR) is 91.5 cm³/mol. The molecule has 0 aliphatic carbocycles. The first kappa shape index (κ1) is 21.9. The number of alkyl halides is 3. The zero-order valence-corrected chi connectivity index (χ0v) is 16.0. The largest absolute Gasteiger partial charge is 0.511 e. The predicted octanol–water partition coefficient (Wildman–Crippen LogP) is 3.88. The molecule has 1 aromatic carbocycles. The minimum absolute atomic E-state index is 0.287. The van der Waals surface area contributed by atoms with E-state index < -0.39 is 33.8 Å². The fraction of sp³-hybridized carbons (Fsp3) is 0.647. The number of ether oxygens (including phenoxy) is 1. The number of halogens is 3. The van der Waals surface area contributed by atoms with Gasteiger partial charge in [-0.3, -0.25) is 0 Å². The molecule has 0 spiro atoms. The Hall–Kier alpha value is -1.12. The summed E-state index contributed by atoms with van der Waals surface area (Å²) in [5.74, 6) is 0. The van der Waals surface area contributed by atoms with E-state index in [1.54, 1.807) is 16.9 Å². The second kappa shape index (κ2) is 7.63. The van der Waals surface area contributed by atoms with Crippen LogP contribution >= 0.6 is 0 Å². The van der Waals surface area contributed by atoms with Crippen LogP contribution in [0.5, 0.6) is 0 Å². The smallest absolute Gasteiger partial charge is 0.370 e. The number of hydrogen-bond donors (Lipinski definition) is 1. The molecule has 0 fully saturated rings. The van der Waals surface area contributed by atoms with Crippen molar-refractivity contribution in [2.24, 2.45) is 5.41 Å². The minimum atomic E-state index is -5.41. The van der Waals surface area contributed by atoms with Gasteiger partial charge in [-0.05, 0) is 31.2 Å². The van der Waals surface area contributed by atoms with Crippen LogP contribution in [0, 0.1) is 5.41 Å². The Labute approximate surface area is 147 Å². The maximum atomic E-state index is 12.5. The molecular weight excluding hydrogens is 355 g/mol. The molecule has 0 aliphatic rings. The Kier molecular flexibility index (Phi) is 6.69. The van der Waals surface area contributed by atoms with Gasteiger partial charge in [-0.2, -0.15) is 13.2 Å². The van der Waals surface area contributed by atoms with E-state index in [1.165, 1.54) is 0 Å². The van der Waals surface area contributed by atoms with Gasteiger partial charge in [0.05, 0.1) is 11.7 Å². The SMILES string of the molecule is CC(C)(C)C(C)(C)OC(CNS(=O)(=O)C(F)(F)F)Cc1ccccc1. The van der Waals surface area contributed by atoms with Crippen LogP contribution in [-0.2, 0) is 21.2 Å². The van der Waals surface area contributed by atoms with Crippen LogP contribution in [0.2, 0.25) is 0 Å². The molecule has 0 saturated heterocycles. The maximum absolute atomic E-state index is 12.5. The summed E-state index contributed by atoms with van der Waals surface area (Å²) in [5.41, 5.74) is -5.45. The molecule has 1 aromatic rings. The topological polar surface area (TPSA) is 55.4 Å². The maximum Gasteiger partial charge on any atom is 0.511 e. The lowest BCUT2D eigenvalue weighted by Crippen LogP contribution is -2.47. The summed E-state index contributed by atoms with van der Waals surface area (Å²) in [6, 6.07) is 9.07. The summed E-state index contributed by atoms with van der Waals surface area (Å²) in [5, 5.41) is 0. The highest BCUT2D eigenvalue weighted by Crippen LogP contribution is 2.34. The second-order valence-corrected chi connectivity index (χ2v) is 9.25. The van der Waals surface area contributed by atoms with E-state index in [-0.39, 0.29) is 5.41 Å². The third-order valence-electron chi connectivity index (χ3n) is 4.38. The fourth-order valence-corrected chi connectivity index (χ4v) is 2.48. The van der Waals surface area contributed by atoms with Crippen molar-refractivity contribution in [3.63, 3.8) is 0 Å². The molecule has 1 N–H and O–H groups in total. The van der Waals surface area contributed by atoms with E-state index >= 15 is 0 Å². The molecule has 4 nitrogen and oxygen atoms in total. The molecule has 0 radical (unpaired) electrons. The minimum Gasteiger partial charge on any atom is -0.370 e. The van der Waals surface area contributed by atoms with Gasteiger partial charge in [-0.1, -0.05) is 51.1 Å². The molecule has 1 atom stereocenters. The Morgan fingerprint density at radius 2 is 1.56 bits per heavy atom. The molecule has 0 amide bonds. The van der Waals surface area contributed by atoms with Crippen LogP contribution in [0.25, 0.3) is 0 Å². The van der Waals surface area contributed by atoms with E-state index in [2.05, 4.69) is 0 Å². The highest BCUT2D eigenvalue weighted by atomic mass is 32.2. The lowest BCUT2D eigenvalue weighted by molar-refractivity contribution is -0.128. The van der Waals surface area contributed by atoms with E-state index in [4.69, 9.17) is 4.74 Å². The summed E-state index contributed by atoms with van der Waals surface area (Å²) in [6.45, 7) is 9.06. The van der Waals surface area contributed by atoms with Gasteiger partial charge in [0.2, 0.25) is 0 Å². The summed E-state index contributed by atoms with van der Waals surface area (Å²) in [7, 11) is -5.41. The van der Waals surface area contributed by atoms with Crippen molar-refractivity contribution in [1.29, 1.82) is 0 Å². The van der Waals surface area contributed by atoms with E-state index in [0.29, 0.717) is 6.42 Å². The van der Waals surface area contributed by atoms with Crippen molar-refractivity contribution in [3.05, 3.63) is 35.9 Å². The standard InChI is InChI=1S/C17H26F3NO3S/c1-15(2,3)16(4,5)24-14(11-13-9-7-6-8-10-13)12-21-25(22,23)17(18,19)20/h6-10,14,21H,11-12H2,1-5H3. The first-order valence-corrected chi connectivity index (χ1v) is 9.42. The number of nitrogens with one attached hydrogen (secondary N) is 1. The first-order valence-electron chi connectivity index (χ1n) is 7.93. The summed E-state index contributed by atoms with van der Waals surface area (Å²) >= 11 is 0. The molecule has 0 aliphatic heterocycles. The van der Waals surface area contributed by atoms with E-state index in [9.17, 15) is 21.6 Å². The van der Waals surface area contributed by atoms with Gasteiger partial charge < -0.3 is 4.74 Å². The third kappa shape index (κ3) is 6.27. The summed E-state index contributed by atoms with van der Waals surface area (Å²) < 4.78 is 67.8. The lowest BCUT2D eigenvalue weighted by Gasteiger charge is -2.41. The molecule has 1 rings (SSSR count). The molecule has 25 heavy (non-hydrogen) atoms. The highest BCUT2D eigenvalue weighted by molar-refractivity contribution is 7.90. The quantitative estimate of drug-likeness (QED) is 0.780.